The first-order valence-corrected chi connectivity index (χ1v) is 10.2. The molecule has 146 valence electrons. The molecular weight excluding hydrogens is 334 g/mol. The molecule has 1 aliphatic heterocycles. The Morgan fingerprint density at radius 3 is 2.59 bits per heavy atom. The number of ether oxygens (including phenoxy) is 2. The second-order valence-corrected chi connectivity index (χ2v) is 8.27. The predicted molar refractivity (Wildman–Crippen MR) is 110 cm³/mol. The predicted octanol–water partition coefficient (Wildman–Crippen LogP) is 4.14. The van der Waals surface area contributed by atoms with E-state index in [0.29, 0.717) is 11.8 Å². The quantitative estimate of drug-likeness (QED) is 0.711. The Kier molecular flexibility index (Phi) is 6.92. The van der Waals surface area contributed by atoms with Crippen molar-refractivity contribution in [1.82, 2.24) is 0 Å². The van der Waals surface area contributed by atoms with Gasteiger partial charge >= 0.3 is 0 Å². The highest BCUT2D eigenvalue weighted by Gasteiger charge is 2.35. The lowest BCUT2D eigenvalue weighted by atomic mass is 9.75. The molecule has 0 bridgehead atoms. The van der Waals surface area contributed by atoms with Crippen molar-refractivity contribution in [3.8, 4) is 5.75 Å². The van der Waals surface area contributed by atoms with Crippen molar-refractivity contribution >= 4 is 0 Å². The van der Waals surface area contributed by atoms with Crippen LogP contribution in [0.4, 0.5) is 0 Å². The summed E-state index contributed by atoms with van der Waals surface area (Å²) in [6, 6.07) is 19.3. The van der Waals surface area contributed by atoms with Crippen molar-refractivity contribution in [1.29, 1.82) is 0 Å². The summed E-state index contributed by atoms with van der Waals surface area (Å²) in [5.41, 5.74) is 2.71. The van der Waals surface area contributed by atoms with Crippen LogP contribution < -0.4 is 10.1 Å². The van der Waals surface area contributed by atoms with Crippen molar-refractivity contribution in [3.63, 3.8) is 0 Å². The molecule has 1 fully saturated rings. The van der Waals surface area contributed by atoms with Crippen LogP contribution in [0.25, 0.3) is 0 Å². The van der Waals surface area contributed by atoms with Crippen LogP contribution in [0.2, 0.25) is 0 Å². The highest BCUT2D eigenvalue weighted by atomic mass is 16.5. The molecule has 1 heterocycles. The second-order valence-electron chi connectivity index (χ2n) is 8.27. The number of quaternary nitrogens is 1. The molecule has 0 aromatic heterocycles. The van der Waals surface area contributed by atoms with Crippen LogP contribution in [0.5, 0.6) is 5.75 Å². The third kappa shape index (κ3) is 5.57. The van der Waals surface area contributed by atoms with Gasteiger partial charge in [-0.05, 0) is 50.2 Å². The highest BCUT2D eigenvalue weighted by Crippen LogP contribution is 2.42. The SMILES string of the molecule is COc1ccccc1[C@H](CC[NH2+]Cc1ccccc1)[C@H]1CCOC(C)(C)C1. The van der Waals surface area contributed by atoms with Crippen molar-refractivity contribution in [2.75, 3.05) is 20.3 Å². The summed E-state index contributed by atoms with van der Waals surface area (Å²) in [5.74, 6) is 2.17. The van der Waals surface area contributed by atoms with Crippen molar-refractivity contribution in [2.24, 2.45) is 5.92 Å². The monoisotopic (exact) mass is 368 g/mol. The summed E-state index contributed by atoms with van der Waals surface area (Å²) < 4.78 is 11.7. The maximum Gasteiger partial charge on any atom is 0.122 e. The number of hydrogen-bond acceptors (Lipinski definition) is 2. The van der Waals surface area contributed by atoms with Crippen LogP contribution in [-0.2, 0) is 11.3 Å². The molecule has 1 aliphatic rings. The molecule has 3 rings (SSSR count). The van der Waals surface area contributed by atoms with Gasteiger partial charge in [0.15, 0.2) is 0 Å². The van der Waals surface area contributed by atoms with Gasteiger partial charge in [-0.25, -0.2) is 0 Å². The van der Waals surface area contributed by atoms with Gasteiger partial charge in [0.1, 0.15) is 12.3 Å². The molecule has 2 aromatic rings. The standard InChI is InChI=1S/C24H33NO2/c1-24(2)17-20(14-16-27-24)21(22-11-7-8-12-23(22)26-3)13-15-25-18-19-9-5-4-6-10-19/h4-12,20-21,25H,13-18H2,1-3H3/p+1/t20-,21+/m0/s1. The fraction of sp³-hybridized carbons (Fsp3) is 0.500. The maximum absolute atomic E-state index is 5.98. The third-order valence-electron chi connectivity index (χ3n) is 5.75. The molecule has 0 saturated carbocycles. The van der Waals surface area contributed by atoms with E-state index in [-0.39, 0.29) is 5.60 Å². The molecule has 2 N–H and O–H groups in total. The Morgan fingerprint density at radius 2 is 1.85 bits per heavy atom. The molecule has 3 nitrogen and oxygen atoms in total. The lowest BCUT2D eigenvalue weighted by Gasteiger charge is -2.39. The third-order valence-corrected chi connectivity index (χ3v) is 5.75. The number of benzene rings is 2. The van der Waals surface area contributed by atoms with Crippen LogP contribution in [-0.4, -0.2) is 25.9 Å². The van der Waals surface area contributed by atoms with Gasteiger partial charge < -0.3 is 14.8 Å². The van der Waals surface area contributed by atoms with E-state index >= 15 is 0 Å². The summed E-state index contributed by atoms with van der Waals surface area (Å²) in [7, 11) is 1.78. The highest BCUT2D eigenvalue weighted by molar-refractivity contribution is 5.36. The van der Waals surface area contributed by atoms with Crippen molar-refractivity contribution in [2.45, 2.75) is 51.2 Å². The van der Waals surface area contributed by atoms with E-state index in [1.54, 1.807) is 7.11 Å². The number of methoxy groups -OCH3 is 1. The minimum absolute atomic E-state index is 0.0308. The van der Waals surface area contributed by atoms with E-state index in [1.165, 1.54) is 11.1 Å². The molecular formula is C24H34NO2+. The smallest absolute Gasteiger partial charge is 0.122 e. The average Bonchev–Trinajstić information content (AvgIpc) is 2.68. The van der Waals surface area contributed by atoms with Gasteiger partial charge in [-0.2, -0.15) is 0 Å². The molecule has 0 unspecified atom stereocenters. The lowest BCUT2D eigenvalue weighted by molar-refractivity contribution is -0.671. The van der Waals surface area contributed by atoms with E-state index in [9.17, 15) is 0 Å². The Balaban J connectivity index is 1.69. The van der Waals surface area contributed by atoms with Gasteiger partial charge in [0.2, 0.25) is 0 Å². The second kappa shape index (κ2) is 9.38. The van der Waals surface area contributed by atoms with Gasteiger partial charge in [-0.1, -0.05) is 48.5 Å². The summed E-state index contributed by atoms with van der Waals surface area (Å²) in [4.78, 5) is 0. The topological polar surface area (TPSA) is 35.1 Å². The van der Waals surface area contributed by atoms with E-state index in [2.05, 4.69) is 73.8 Å². The van der Waals surface area contributed by atoms with Gasteiger partial charge in [-0.3, -0.25) is 0 Å². The van der Waals surface area contributed by atoms with Crippen LogP contribution in [0.1, 0.15) is 50.2 Å². The van der Waals surface area contributed by atoms with Gasteiger partial charge in [0.25, 0.3) is 0 Å². The Bertz CT molecular complexity index is 699. The molecule has 27 heavy (non-hydrogen) atoms. The summed E-state index contributed by atoms with van der Waals surface area (Å²) >= 11 is 0. The Labute approximate surface area is 164 Å². The molecule has 0 spiro atoms. The van der Waals surface area contributed by atoms with Gasteiger partial charge in [-0.15, -0.1) is 0 Å². The van der Waals surface area contributed by atoms with E-state index in [0.717, 1.165) is 44.7 Å². The fourth-order valence-corrected chi connectivity index (χ4v) is 4.42. The van der Waals surface area contributed by atoms with Crippen LogP contribution in [0, 0.1) is 5.92 Å². The Hall–Kier alpha value is -1.84. The molecule has 2 atom stereocenters. The maximum atomic E-state index is 5.98. The van der Waals surface area contributed by atoms with E-state index in [1.807, 2.05) is 0 Å². The van der Waals surface area contributed by atoms with Crippen molar-refractivity contribution in [3.05, 3.63) is 65.7 Å². The number of hydrogen-bond donors (Lipinski definition) is 1. The molecule has 0 radical (unpaired) electrons. The largest absolute Gasteiger partial charge is 0.496 e. The molecule has 0 aliphatic carbocycles. The van der Waals surface area contributed by atoms with Crippen LogP contribution in [0.3, 0.4) is 0 Å². The molecule has 0 amide bonds. The molecule has 1 saturated heterocycles. The summed E-state index contributed by atoms with van der Waals surface area (Å²) in [5, 5.41) is 2.43. The number of para-hydroxylation sites is 1. The summed E-state index contributed by atoms with van der Waals surface area (Å²) in [6.45, 7) is 7.46. The first-order chi connectivity index (χ1) is 13.1. The number of rotatable bonds is 8. The molecule has 2 aromatic carbocycles. The van der Waals surface area contributed by atoms with Crippen LogP contribution >= 0.6 is 0 Å². The zero-order valence-electron chi connectivity index (χ0n) is 17.0. The summed E-state index contributed by atoms with van der Waals surface area (Å²) in [6.07, 6.45) is 3.40. The zero-order valence-corrected chi connectivity index (χ0v) is 17.0. The molecule has 3 heteroatoms. The Morgan fingerprint density at radius 1 is 1.11 bits per heavy atom. The minimum atomic E-state index is -0.0308. The van der Waals surface area contributed by atoms with Crippen molar-refractivity contribution < 1.29 is 14.8 Å². The minimum Gasteiger partial charge on any atom is -0.496 e. The first-order valence-electron chi connectivity index (χ1n) is 10.2. The van der Waals surface area contributed by atoms with E-state index < -0.39 is 0 Å². The van der Waals surface area contributed by atoms with Gasteiger partial charge in [0, 0.05) is 18.6 Å². The van der Waals surface area contributed by atoms with Gasteiger partial charge in [0.05, 0.1) is 19.3 Å². The average molecular weight is 369 g/mol. The van der Waals surface area contributed by atoms with E-state index in [4.69, 9.17) is 9.47 Å². The normalized spacial score (nSPS) is 20.2. The number of nitrogens with two attached hydrogens (primary N) is 1. The lowest BCUT2D eigenvalue weighted by Crippen LogP contribution is -2.82. The first kappa shape index (κ1) is 19.9. The van der Waals surface area contributed by atoms with Crippen LogP contribution in [0.15, 0.2) is 54.6 Å². The zero-order chi connectivity index (χ0) is 19.1. The fourth-order valence-electron chi connectivity index (χ4n) is 4.42.